The minimum absolute atomic E-state index is 0.0566. The van der Waals surface area contributed by atoms with Crippen LogP contribution in [0.3, 0.4) is 0 Å². The molecule has 2 aromatic heterocycles. The van der Waals surface area contributed by atoms with Crippen molar-refractivity contribution in [1.29, 1.82) is 0 Å². The van der Waals surface area contributed by atoms with Crippen molar-refractivity contribution in [2.75, 3.05) is 6.54 Å². The van der Waals surface area contributed by atoms with Gasteiger partial charge in [0, 0.05) is 6.54 Å². The van der Waals surface area contributed by atoms with Crippen LogP contribution >= 0.6 is 11.5 Å². The lowest BCUT2D eigenvalue weighted by atomic mass is 10.0. The monoisotopic (exact) mass is 345 g/mol. The number of hydrogen-bond donors (Lipinski definition) is 1. The predicted molar refractivity (Wildman–Crippen MR) is 88.3 cm³/mol. The Labute approximate surface area is 141 Å². The number of fused-ring (bicyclic) bond motifs is 1. The third-order valence-electron chi connectivity index (χ3n) is 4.39. The third kappa shape index (κ3) is 2.56. The average molecular weight is 345 g/mol. The second-order valence-corrected chi connectivity index (χ2v) is 6.74. The molecule has 6 nitrogen and oxygen atoms in total. The molecule has 1 aliphatic heterocycles. The van der Waals surface area contributed by atoms with Crippen molar-refractivity contribution in [1.82, 2.24) is 24.5 Å². The molecule has 124 valence electrons. The van der Waals surface area contributed by atoms with Gasteiger partial charge in [-0.2, -0.15) is 0 Å². The van der Waals surface area contributed by atoms with Gasteiger partial charge in [-0.25, -0.2) is 9.37 Å². The molecule has 1 N–H and O–H groups in total. The number of H-pyrrole nitrogens is 1. The van der Waals surface area contributed by atoms with Crippen molar-refractivity contribution in [2.45, 2.75) is 32.2 Å². The summed E-state index contributed by atoms with van der Waals surface area (Å²) in [5.41, 5.74) is 2.01. The van der Waals surface area contributed by atoms with Crippen LogP contribution in [0.1, 0.15) is 46.5 Å². The minimum Gasteiger partial charge on any atom is -0.340 e. The van der Waals surface area contributed by atoms with Gasteiger partial charge in [-0.1, -0.05) is 4.49 Å². The van der Waals surface area contributed by atoms with E-state index in [1.807, 2.05) is 4.90 Å². The number of nitrogens with one attached hydrogen (secondary N) is 1. The van der Waals surface area contributed by atoms with Gasteiger partial charge in [-0.3, -0.25) is 4.79 Å². The van der Waals surface area contributed by atoms with Crippen molar-refractivity contribution >= 4 is 28.5 Å². The Balaban J connectivity index is 1.70. The Morgan fingerprint density at radius 2 is 2.29 bits per heavy atom. The fourth-order valence-corrected chi connectivity index (χ4v) is 3.79. The average Bonchev–Trinajstić information content (AvgIpc) is 3.19. The number of piperidine rings is 1. The molecule has 0 aliphatic carbocycles. The molecule has 4 rings (SSSR count). The van der Waals surface area contributed by atoms with E-state index in [2.05, 4.69) is 19.6 Å². The highest BCUT2D eigenvalue weighted by molar-refractivity contribution is 7.07. The number of carbonyl (C=O) groups excluding carboxylic acids is 1. The molecule has 8 heteroatoms. The third-order valence-corrected chi connectivity index (χ3v) is 5.20. The zero-order valence-corrected chi connectivity index (χ0v) is 13.9. The molecule has 1 amide bonds. The Kier molecular flexibility index (Phi) is 3.76. The number of aromatic nitrogens is 4. The van der Waals surface area contributed by atoms with Gasteiger partial charge in [0.1, 0.15) is 16.5 Å². The number of hydrogen-bond acceptors (Lipinski definition) is 5. The van der Waals surface area contributed by atoms with Crippen molar-refractivity contribution in [2.24, 2.45) is 0 Å². The lowest BCUT2D eigenvalue weighted by Gasteiger charge is -2.34. The molecule has 0 radical (unpaired) electrons. The number of amides is 1. The lowest BCUT2D eigenvalue weighted by Crippen LogP contribution is -2.38. The Hall–Kier alpha value is -2.35. The first-order valence-electron chi connectivity index (χ1n) is 7.88. The van der Waals surface area contributed by atoms with Gasteiger partial charge < -0.3 is 9.88 Å². The maximum absolute atomic E-state index is 13.4. The van der Waals surface area contributed by atoms with Crippen LogP contribution in [0, 0.1) is 12.7 Å². The van der Waals surface area contributed by atoms with Crippen LogP contribution in [0.5, 0.6) is 0 Å². The van der Waals surface area contributed by atoms with Crippen molar-refractivity contribution < 1.29 is 9.18 Å². The van der Waals surface area contributed by atoms with Crippen LogP contribution in [0.2, 0.25) is 0 Å². The van der Waals surface area contributed by atoms with Crippen molar-refractivity contribution in [3.63, 3.8) is 0 Å². The zero-order valence-electron chi connectivity index (χ0n) is 13.1. The van der Waals surface area contributed by atoms with Crippen LogP contribution in [-0.2, 0) is 0 Å². The highest BCUT2D eigenvalue weighted by Gasteiger charge is 2.32. The minimum atomic E-state index is -0.305. The summed E-state index contributed by atoms with van der Waals surface area (Å²) < 4.78 is 17.3. The first-order valence-corrected chi connectivity index (χ1v) is 8.66. The van der Waals surface area contributed by atoms with Crippen LogP contribution in [-0.4, -0.2) is 36.9 Å². The number of carbonyl (C=O) groups is 1. The summed E-state index contributed by atoms with van der Waals surface area (Å²) in [6, 6.07) is 4.33. The van der Waals surface area contributed by atoms with Gasteiger partial charge in [0.25, 0.3) is 5.91 Å². The molecule has 1 aliphatic rings. The standard InChI is InChI=1S/C16H16FN5OS/c1-9-14(24-21-20-9)16(23)22-7-3-2-4-13(22)15-18-11-6-5-10(17)8-12(11)19-15/h5-6,8,13H,2-4,7H2,1H3,(H,18,19)/t13-/m0/s1. The van der Waals surface area contributed by atoms with Gasteiger partial charge in [0.15, 0.2) is 0 Å². The summed E-state index contributed by atoms with van der Waals surface area (Å²) in [6.07, 6.45) is 2.82. The van der Waals surface area contributed by atoms with Crippen LogP contribution in [0.4, 0.5) is 4.39 Å². The fourth-order valence-electron chi connectivity index (χ4n) is 3.18. The van der Waals surface area contributed by atoms with Gasteiger partial charge in [0.05, 0.1) is 22.8 Å². The smallest absolute Gasteiger partial charge is 0.268 e. The molecule has 1 saturated heterocycles. The topological polar surface area (TPSA) is 74.8 Å². The van der Waals surface area contributed by atoms with E-state index in [-0.39, 0.29) is 17.8 Å². The summed E-state index contributed by atoms with van der Waals surface area (Å²) in [5.74, 6) is 0.346. The fraction of sp³-hybridized carbons (Fsp3) is 0.375. The summed E-state index contributed by atoms with van der Waals surface area (Å²) in [4.78, 5) is 23.0. The predicted octanol–water partition coefficient (Wildman–Crippen LogP) is 3.23. The Bertz CT molecular complexity index is 905. The summed E-state index contributed by atoms with van der Waals surface area (Å²) in [5, 5.41) is 3.93. The first-order chi connectivity index (χ1) is 11.6. The number of rotatable bonds is 2. The van der Waals surface area contributed by atoms with E-state index in [1.165, 1.54) is 12.1 Å². The SMILES string of the molecule is Cc1nnsc1C(=O)N1CCCC[C@H]1c1nc2ccc(F)cc2[nH]1. The lowest BCUT2D eigenvalue weighted by molar-refractivity contribution is 0.0605. The second kappa shape index (κ2) is 5.94. The van der Waals surface area contributed by atoms with Crippen LogP contribution in [0.15, 0.2) is 18.2 Å². The number of aryl methyl sites for hydroxylation is 1. The maximum atomic E-state index is 13.4. The number of aromatic amines is 1. The van der Waals surface area contributed by atoms with Gasteiger partial charge in [-0.05, 0) is 55.9 Å². The Morgan fingerprint density at radius 1 is 1.42 bits per heavy atom. The normalized spacial score (nSPS) is 18.2. The zero-order chi connectivity index (χ0) is 16.7. The number of halogens is 1. The van der Waals surface area contributed by atoms with E-state index < -0.39 is 0 Å². The van der Waals surface area contributed by atoms with Gasteiger partial charge >= 0.3 is 0 Å². The quantitative estimate of drug-likeness (QED) is 0.774. The van der Waals surface area contributed by atoms with E-state index in [4.69, 9.17) is 0 Å². The number of likely N-dealkylation sites (tertiary alicyclic amines) is 1. The molecule has 0 saturated carbocycles. The molecule has 3 heterocycles. The molecule has 1 fully saturated rings. The summed E-state index contributed by atoms with van der Waals surface area (Å²) >= 11 is 1.12. The largest absolute Gasteiger partial charge is 0.340 e. The van der Waals surface area contributed by atoms with E-state index in [0.717, 1.165) is 30.8 Å². The van der Waals surface area contributed by atoms with E-state index >= 15 is 0 Å². The maximum Gasteiger partial charge on any atom is 0.268 e. The summed E-state index contributed by atoms with van der Waals surface area (Å²) in [6.45, 7) is 2.46. The first kappa shape index (κ1) is 15.2. The van der Waals surface area contributed by atoms with E-state index in [9.17, 15) is 9.18 Å². The molecular formula is C16H16FN5OS. The number of nitrogens with zero attached hydrogens (tertiary/aromatic N) is 4. The molecule has 3 aromatic rings. The van der Waals surface area contributed by atoms with Gasteiger partial charge in [0.2, 0.25) is 0 Å². The van der Waals surface area contributed by atoms with Crippen molar-refractivity contribution in [3.8, 4) is 0 Å². The highest BCUT2D eigenvalue weighted by Crippen LogP contribution is 2.32. The van der Waals surface area contributed by atoms with Gasteiger partial charge in [-0.15, -0.1) is 5.10 Å². The van der Waals surface area contributed by atoms with Crippen LogP contribution in [0.25, 0.3) is 11.0 Å². The molecule has 0 spiro atoms. The number of benzene rings is 1. The van der Waals surface area contributed by atoms with E-state index in [0.29, 0.717) is 34.0 Å². The molecular weight excluding hydrogens is 329 g/mol. The Morgan fingerprint density at radius 3 is 3.08 bits per heavy atom. The highest BCUT2D eigenvalue weighted by atomic mass is 32.1. The van der Waals surface area contributed by atoms with Crippen LogP contribution < -0.4 is 0 Å². The van der Waals surface area contributed by atoms with Crippen molar-refractivity contribution in [3.05, 3.63) is 40.4 Å². The molecule has 24 heavy (non-hydrogen) atoms. The molecule has 1 atom stereocenters. The number of imidazole rings is 1. The molecule has 0 bridgehead atoms. The summed E-state index contributed by atoms with van der Waals surface area (Å²) in [7, 11) is 0. The molecule has 0 unspecified atom stereocenters. The second-order valence-electron chi connectivity index (χ2n) is 5.98. The van der Waals surface area contributed by atoms with E-state index in [1.54, 1.807) is 13.0 Å². The molecule has 1 aromatic carbocycles.